The van der Waals surface area contributed by atoms with Crippen LogP contribution in [-0.2, 0) is 9.53 Å². The van der Waals surface area contributed by atoms with Crippen molar-refractivity contribution in [2.75, 3.05) is 12.4 Å². The Labute approximate surface area is 160 Å². The van der Waals surface area contributed by atoms with E-state index in [2.05, 4.69) is 5.32 Å². The molecule has 142 valence electrons. The number of carbonyl (C=O) groups is 2. The Bertz CT molecular complexity index is 899. The number of nitro benzene ring substituents is 1. The average Bonchev–Trinajstić information content (AvgIpc) is 2.61. The van der Waals surface area contributed by atoms with E-state index in [4.69, 9.17) is 21.1 Å². The highest BCUT2D eigenvalue weighted by molar-refractivity contribution is 6.31. The smallest absolute Gasteiger partial charge is 0.338 e. The molecule has 0 fully saturated rings. The lowest BCUT2D eigenvalue weighted by Gasteiger charge is -2.15. The second kappa shape index (κ2) is 8.50. The van der Waals surface area contributed by atoms with E-state index >= 15 is 0 Å². The van der Waals surface area contributed by atoms with Crippen molar-refractivity contribution in [1.29, 1.82) is 0 Å². The van der Waals surface area contributed by atoms with E-state index in [0.717, 1.165) is 0 Å². The number of carbonyl (C=O) groups excluding carboxylic acids is 2. The summed E-state index contributed by atoms with van der Waals surface area (Å²) in [7, 11) is 1.44. The number of benzene rings is 2. The first kappa shape index (κ1) is 20.2. The third-order valence-electron chi connectivity index (χ3n) is 3.70. The number of nitrogens with zero attached hydrogens (tertiary/aromatic N) is 1. The summed E-state index contributed by atoms with van der Waals surface area (Å²) in [6, 6.07) is 8.54. The number of methoxy groups -OCH3 is 1. The summed E-state index contributed by atoms with van der Waals surface area (Å²) >= 11 is 5.91. The van der Waals surface area contributed by atoms with Gasteiger partial charge in [-0.15, -0.1) is 0 Å². The molecule has 2 rings (SSSR count). The number of halogens is 1. The van der Waals surface area contributed by atoms with Gasteiger partial charge in [-0.2, -0.15) is 0 Å². The summed E-state index contributed by atoms with van der Waals surface area (Å²) in [4.78, 5) is 34.8. The molecule has 0 aliphatic carbocycles. The van der Waals surface area contributed by atoms with Gasteiger partial charge in [0.25, 0.3) is 11.6 Å². The molecule has 0 aliphatic heterocycles. The van der Waals surface area contributed by atoms with Gasteiger partial charge in [-0.1, -0.05) is 11.6 Å². The molecule has 0 heterocycles. The molecular weight excluding hydrogens is 376 g/mol. The molecule has 1 N–H and O–H groups in total. The van der Waals surface area contributed by atoms with Gasteiger partial charge in [-0.3, -0.25) is 14.9 Å². The molecule has 0 radical (unpaired) electrons. The number of amides is 1. The second-order valence-electron chi connectivity index (χ2n) is 5.64. The Morgan fingerprint density at radius 3 is 2.52 bits per heavy atom. The molecule has 27 heavy (non-hydrogen) atoms. The molecule has 0 spiro atoms. The molecule has 9 heteroatoms. The standard InChI is InChI=1S/C18H17ClN2O6/c1-10-8-12(4-6-15(10)21(24)25)18(23)27-11(2)17(22)20-14-9-13(19)5-7-16(14)26-3/h4-9,11H,1-3H3,(H,20,22). The molecule has 1 atom stereocenters. The van der Waals surface area contributed by atoms with Crippen LogP contribution in [0, 0.1) is 17.0 Å². The minimum Gasteiger partial charge on any atom is -0.495 e. The predicted octanol–water partition coefficient (Wildman–Crippen LogP) is 3.75. The number of hydrogen-bond donors (Lipinski definition) is 1. The van der Waals surface area contributed by atoms with Gasteiger partial charge < -0.3 is 14.8 Å². The summed E-state index contributed by atoms with van der Waals surface area (Å²) in [5.74, 6) is -0.950. The van der Waals surface area contributed by atoms with E-state index in [1.165, 1.54) is 45.2 Å². The zero-order chi connectivity index (χ0) is 20.1. The van der Waals surface area contributed by atoms with E-state index in [1.54, 1.807) is 12.1 Å². The van der Waals surface area contributed by atoms with Crippen molar-refractivity contribution in [2.24, 2.45) is 0 Å². The fourth-order valence-corrected chi connectivity index (χ4v) is 2.45. The van der Waals surface area contributed by atoms with Crippen LogP contribution in [0.15, 0.2) is 36.4 Å². The fraction of sp³-hybridized carbons (Fsp3) is 0.222. The van der Waals surface area contributed by atoms with Crippen LogP contribution in [0.3, 0.4) is 0 Å². The van der Waals surface area contributed by atoms with Gasteiger partial charge in [0.1, 0.15) is 5.75 Å². The van der Waals surface area contributed by atoms with Gasteiger partial charge in [-0.05, 0) is 44.2 Å². The monoisotopic (exact) mass is 392 g/mol. The Hall–Kier alpha value is -3.13. The molecule has 0 saturated heterocycles. The number of aryl methyl sites for hydroxylation is 1. The Kier molecular flexibility index (Phi) is 6.36. The quantitative estimate of drug-likeness (QED) is 0.455. The average molecular weight is 393 g/mol. The number of nitro groups is 1. The maximum atomic E-state index is 12.3. The molecule has 1 amide bonds. The molecule has 8 nitrogen and oxygen atoms in total. The van der Waals surface area contributed by atoms with Crippen LogP contribution < -0.4 is 10.1 Å². The molecule has 2 aromatic rings. The number of ether oxygens (including phenoxy) is 2. The van der Waals surface area contributed by atoms with E-state index < -0.39 is 22.9 Å². The van der Waals surface area contributed by atoms with Crippen LogP contribution in [0.25, 0.3) is 0 Å². The van der Waals surface area contributed by atoms with Crippen LogP contribution in [0.2, 0.25) is 5.02 Å². The Morgan fingerprint density at radius 2 is 1.93 bits per heavy atom. The lowest BCUT2D eigenvalue weighted by molar-refractivity contribution is -0.385. The van der Waals surface area contributed by atoms with Gasteiger partial charge >= 0.3 is 5.97 Å². The lowest BCUT2D eigenvalue weighted by Crippen LogP contribution is -2.30. The number of esters is 1. The highest BCUT2D eigenvalue weighted by Gasteiger charge is 2.21. The first-order valence-corrected chi connectivity index (χ1v) is 8.21. The maximum absolute atomic E-state index is 12.3. The largest absolute Gasteiger partial charge is 0.495 e. The molecule has 0 bridgehead atoms. The Balaban J connectivity index is 2.08. The minimum absolute atomic E-state index is 0.106. The minimum atomic E-state index is -1.11. The summed E-state index contributed by atoms with van der Waals surface area (Å²) in [6.07, 6.45) is -1.11. The molecule has 2 aromatic carbocycles. The highest BCUT2D eigenvalue weighted by atomic mass is 35.5. The third-order valence-corrected chi connectivity index (χ3v) is 3.94. The fourth-order valence-electron chi connectivity index (χ4n) is 2.28. The topological polar surface area (TPSA) is 108 Å². The summed E-state index contributed by atoms with van der Waals surface area (Å²) in [5.41, 5.74) is 0.655. The number of anilines is 1. The van der Waals surface area contributed by atoms with E-state index in [-0.39, 0.29) is 11.3 Å². The molecule has 1 unspecified atom stereocenters. The van der Waals surface area contributed by atoms with Crippen molar-refractivity contribution in [3.63, 3.8) is 0 Å². The van der Waals surface area contributed by atoms with Gasteiger partial charge in [0, 0.05) is 16.7 Å². The van der Waals surface area contributed by atoms with Crippen molar-refractivity contribution in [1.82, 2.24) is 0 Å². The van der Waals surface area contributed by atoms with Crippen molar-refractivity contribution in [3.8, 4) is 5.75 Å². The van der Waals surface area contributed by atoms with Crippen molar-refractivity contribution in [3.05, 3.63) is 62.7 Å². The zero-order valence-electron chi connectivity index (χ0n) is 14.8. The van der Waals surface area contributed by atoms with E-state index in [1.807, 2.05) is 0 Å². The van der Waals surface area contributed by atoms with Gasteiger partial charge in [0.2, 0.25) is 0 Å². The maximum Gasteiger partial charge on any atom is 0.338 e. The lowest BCUT2D eigenvalue weighted by atomic mass is 10.1. The van der Waals surface area contributed by atoms with Crippen LogP contribution in [0.1, 0.15) is 22.8 Å². The number of rotatable bonds is 6. The molecular formula is C18H17ClN2O6. The van der Waals surface area contributed by atoms with Crippen molar-refractivity contribution < 1.29 is 24.0 Å². The van der Waals surface area contributed by atoms with Gasteiger partial charge in [-0.25, -0.2) is 4.79 Å². The number of hydrogen-bond acceptors (Lipinski definition) is 6. The summed E-state index contributed by atoms with van der Waals surface area (Å²) < 4.78 is 10.3. The summed E-state index contributed by atoms with van der Waals surface area (Å²) in [6.45, 7) is 2.92. The number of nitrogens with one attached hydrogen (secondary N) is 1. The highest BCUT2D eigenvalue weighted by Crippen LogP contribution is 2.28. The first-order valence-electron chi connectivity index (χ1n) is 7.83. The van der Waals surface area contributed by atoms with E-state index in [9.17, 15) is 19.7 Å². The van der Waals surface area contributed by atoms with Crippen molar-refractivity contribution >= 4 is 34.9 Å². The summed E-state index contributed by atoms with van der Waals surface area (Å²) in [5, 5.41) is 13.8. The SMILES string of the molecule is COc1ccc(Cl)cc1NC(=O)C(C)OC(=O)c1ccc([N+](=O)[O-])c(C)c1. The molecule has 0 aromatic heterocycles. The van der Waals surface area contributed by atoms with Crippen LogP contribution in [0.5, 0.6) is 5.75 Å². The van der Waals surface area contributed by atoms with Gasteiger partial charge in [0.15, 0.2) is 6.10 Å². The normalized spacial score (nSPS) is 11.4. The Morgan fingerprint density at radius 1 is 1.22 bits per heavy atom. The van der Waals surface area contributed by atoms with Crippen molar-refractivity contribution in [2.45, 2.75) is 20.0 Å². The van der Waals surface area contributed by atoms with Gasteiger partial charge in [0.05, 0.1) is 23.3 Å². The van der Waals surface area contributed by atoms with Crippen LogP contribution >= 0.6 is 11.6 Å². The molecule has 0 saturated carbocycles. The van der Waals surface area contributed by atoms with Crippen LogP contribution in [-0.4, -0.2) is 30.0 Å². The zero-order valence-corrected chi connectivity index (χ0v) is 15.6. The molecule has 0 aliphatic rings. The third kappa shape index (κ3) is 4.95. The first-order chi connectivity index (χ1) is 12.7. The van der Waals surface area contributed by atoms with E-state index in [0.29, 0.717) is 22.0 Å². The van der Waals surface area contributed by atoms with Crippen LogP contribution in [0.4, 0.5) is 11.4 Å². The second-order valence-corrected chi connectivity index (χ2v) is 6.08. The predicted molar refractivity (Wildman–Crippen MR) is 99.3 cm³/mol.